The molecule has 0 spiro atoms. The van der Waals surface area contributed by atoms with Crippen LogP contribution in [0.1, 0.15) is 54.9 Å². The third-order valence-electron chi connectivity index (χ3n) is 6.82. The first-order chi connectivity index (χ1) is 8.82. The van der Waals surface area contributed by atoms with Gasteiger partial charge in [-0.1, -0.05) is 41.5 Å². The quantitative estimate of drug-likeness (QED) is 0.549. The Kier molecular flexibility index (Phi) is 3.77. The second kappa shape index (κ2) is 4.56. The third-order valence-corrected chi connectivity index (χ3v) is 11.3. The zero-order valence-corrected chi connectivity index (χ0v) is 16.0. The zero-order valence-electron chi connectivity index (χ0n) is 15.0. The summed E-state index contributed by atoms with van der Waals surface area (Å²) in [6.45, 7) is 22.0. The average Bonchev–Trinajstić information content (AvgIpc) is 2.87. The van der Waals surface area contributed by atoms with Gasteiger partial charge in [0.1, 0.15) is 0 Å². The van der Waals surface area contributed by atoms with Gasteiger partial charge in [0.25, 0.3) is 0 Å². The Labute approximate surface area is 126 Å². The Morgan fingerprint density at radius 2 is 1.75 bits per heavy atom. The average molecular weight is 299 g/mol. The number of epoxide rings is 1. The van der Waals surface area contributed by atoms with Gasteiger partial charge in [-0.15, -0.1) is 0 Å². The standard InChI is InChI=1S/C17H34O2Si/c1-12-10-14-17(7,19-14)13(16(12,5)6)11-18-20(8,9)15(2,3)4/h12-14H,10-11H2,1-9H3/t12-,13+,14-,17+/m1/s1. The van der Waals surface area contributed by atoms with Crippen LogP contribution in [0.2, 0.25) is 18.1 Å². The summed E-state index contributed by atoms with van der Waals surface area (Å²) >= 11 is 0. The van der Waals surface area contributed by atoms with Crippen molar-refractivity contribution >= 4 is 8.32 Å². The van der Waals surface area contributed by atoms with Crippen LogP contribution in [0.25, 0.3) is 0 Å². The van der Waals surface area contributed by atoms with Crippen LogP contribution >= 0.6 is 0 Å². The SMILES string of the molecule is C[C@@H]1C[C@H]2O[C@@]2(C)[C@@H](CO[Si](C)(C)C(C)(C)C)C1(C)C. The molecule has 1 saturated heterocycles. The summed E-state index contributed by atoms with van der Waals surface area (Å²) in [4.78, 5) is 0. The fourth-order valence-electron chi connectivity index (χ4n) is 3.46. The maximum Gasteiger partial charge on any atom is 0.191 e. The van der Waals surface area contributed by atoms with Gasteiger partial charge in [0.05, 0.1) is 11.7 Å². The molecule has 0 unspecified atom stereocenters. The molecule has 0 aromatic heterocycles. The minimum Gasteiger partial charge on any atom is -0.416 e. The lowest BCUT2D eigenvalue weighted by molar-refractivity contribution is 0.0103. The number of hydrogen-bond acceptors (Lipinski definition) is 2. The third kappa shape index (κ3) is 2.50. The molecule has 1 aliphatic carbocycles. The molecule has 0 aromatic rings. The lowest BCUT2D eigenvalue weighted by atomic mass is 9.59. The normalized spacial score (nSPS) is 40.4. The summed E-state index contributed by atoms with van der Waals surface area (Å²) in [5.74, 6) is 1.22. The fourth-order valence-corrected chi connectivity index (χ4v) is 4.47. The van der Waals surface area contributed by atoms with E-state index in [1.165, 1.54) is 6.42 Å². The Balaban J connectivity index is 2.11. The minimum absolute atomic E-state index is 0.0678. The topological polar surface area (TPSA) is 21.8 Å². The first kappa shape index (κ1) is 16.5. The van der Waals surface area contributed by atoms with E-state index in [-0.39, 0.29) is 10.6 Å². The number of rotatable bonds is 3. The monoisotopic (exact) mass is 298 g/mol. The molecule has 20 heavy (non-hydrogen) atoms. The molecule has 0 amide bonds. The predicted octanol–water partition coefficient (Wildman–Crippen LogP) is 4.85. The molecule has 0 aromatic carbocycles. The predicted molar refractivity (Wildman–Crippen MR) is 87.5 cm³/mol. The van der Waals surface area contributed by atoms with Crippen molar-refractivity contribution in [3.63, 3.8) is 0 Å². The van der Waals surface area contributed by atoms with E-state index in [4.69, 9.17) is 9.16 Å². The van der Waals surface area contributed by atoms with Crippen molar-refractivity contribution in [2.75, 3.05) is 6.61 Å². The summed E-state index contributed by atoms with van der Waals surface area (Å²) in [5, 5.41) is 0.280. The summed E-state index contributed by atoms with van der Waals surface area (Å²) in [5.41, 5.74) is 0.364. The van der Waals surface area contributed by atoms with E-state index in [0.29, 0.717) is 23.4 Å². The van der Waals surface area contributed by atoms with Crippen molar-refractivity contribution in [1.82, 2.24) is 0 Å². The van der Waals surface area contributed by atoms with E-state index in [9.17, 15) is 0 Å². The van der Waals surface area contributed by atoms with Crippen LogP contribution < -0.4 is 0 Å². The van der Waals surface area contributed by atoms with Crippen molar-refractivity contribution < 1.29 is 9.16 Å². The van der Waals surface area contributed by atoms with Gasteiger partial charge in [-0.05, 0) is 42.8 Å². The van der Waals surface area contributed by atoms with Crippen molar-refractivity contribution in [3.05, 3.63) is 0 Å². The molecular formula is C17H34O2Si. The number of fused-ring (bicyclic) bond motifs is 1. The van der Waals surface area contributed by atoms with E-state index >= 15 is 0 Å². The molecule has 1 saturated carbocycles. The van der Waals surface area contributed by atoms with Crippen LogP contribution in [0.5, 0.6) is 0 Å². The Morgan fingerprint density at radius 1 is 1.20 bits per heavy atom. The zero-order chi connectivity index (χ0) is 15.6. The summed E-state index contributed by atoms with van der Waals surface area (Å²) in [6, 6.07) is 0. The minimum atomic E-state index is -1.67. The van der Waals surface area contributed by atoms with Crippen molar-refractivity contribution in [2.24, 2.45) is 17.3 Å². The lowest BCUT2D eigenvalue weighted by Gasteiger charge is -2.47. The van der Waals surface area contributed by atoms with Crippen LogP contribution in [0.4, 0.5) is 0 Å². The van der Waals surface area contributed by atoms with Crippen molar-refractivity contribution in [1.29, 1.82) is 0 Å². The number of ether oxygens (including phenoxy) is 1. The summed E-state index contributed by atoms with van der Waals surface area (Å²) in [6.07, 6.45) is 1.68. The van der Waals surface area contributed by atoms with Gasteiger partial charge in [0, 0.05) is 12.5 Å². The van der Waals surface area contributed by atoms with E-state index in [0.717, 1.165) is 6.61 Å². The number of hydrogen-bond donors (Lipinski definition) is 0. The Morgan fingerprint density at radius 3 is 2.25 bits per heavy atom. The van der Waals surface area contributed by atoms with Crippen LogP contribution in [0.15, 0.2) is 0 Å². The molecule has 0 N–H and O–H groups in total. The van der Waals surface area contributed by atoms with E-state index in [2.05, 4.69) is 61.6 Å². The smallest absolute Gasteiger partial charge is 0.191 e. The first-order valence-electron chi connectivity index (χ1n) is 8.14. The molecule has 2 nitrogen and oxygen atoms in total. The lowest BCUT2D eigenvalue weighted by Crippen LogP contribution is -2.50. The van der Waals surface area contributed by atoms with Crippen LogP contribution in [-0.4, -0.2) is 26.6 Å². The second-order valence-corrected chi connectivity index (χ2v) is 14.2. The van der Waals surface area contributed by atoms with Gasteiger partial charge in [-0.25, -0.2) is 0 Å². The van der Waals surface area contributed by atoms with Gasteiger partial charge in [-0.3, -0.25) is 0 Å². The van der Waals surface area contributed by atoms with Gasteiger partial charge in [-0.2, -0.15) is 0 Å². The molecule has 2 fully saturated rings. The van der Waals surface area contributed by atoms with Crippen LogP contribution in [0.3, 0.4) is 0 Å². The molecule has 2 aliphatic rings. The van der Waals surface area contributed by atoms with Crippen molar-refractivity contribution in [3.8, 4) is 0 Å². The van der Waals surface area contributed by atoms with Crippen LogP contribution in [-0.2, 0) is 9.16 Å². The molecule has 1 heterocycles. The molecule has 0 radical (unpaired) electrons. The maximum absolute atomic E-state index is 6.54. The van der Waals surface area contributed by atoms with E-state index in [1.807, 2.05) is 0 Å². The Bertz CT molecular complexity index is 383. The van der Waals surface area contributed by atoms with E-state index in [1.54, 1.807) is 0 Å². The fraction of sp³-hybridized carbons (Fsp3) is 1.00. The second-order valence-electron chi connectivity index (χ2n) is 9.37. The highest BCUT2D eigenvalue weighted by Crippen LogP contribution is 2.60. The summed E-state index contributed by atoms with van der Waals surface area (Å²) in [7, 11) is -1.67. The van der Waals surface area contributed by atoms with Crippen LogP contribution in [0, 0.1) is 17.3 Å². The largest absolute Gasteiger partial charge is 0.416 e. The highest BCUT2D eigenvalue weighted by Gasteiger charge is 2.66. The van der Waals surface area contributed by atoms with E-state index < -0.39 is 8.32 Å². The van der Waals surface area contributed by atoms with Gasteiger partial charge in [0.2, 0.25) is 0 Å². The molecule has 0 bridgehead atoms. The van der Waals surface area contributed by atoms with Gasteiger partial charge in [0.15, 0.2) is 8.32 Å². The molecule has 4 atom stereocenters. The maximum atomic E-state index is 6.54. The van der Waals surface area contributed by atoms with Crippen molar-refractivity contribution in [2.45, 2.75) is 84.7 Å². The van der Waals surface area contributed by atoms with Gasteiger partial charge < -0.3 is 9.16 Å². The Hall–Kier alpha value is 0.137. The molecule has 3 heteroatoms. The molecule has 2 rings (SSSR count). The molecular weight excluding hydrogens is 264 g/mol. The highest BCUT2D eigenvalue weighted by atomic mass is 28.4. The summed E-state index contributed by atoms with van der Waals surface area (Å²) < 4.78 is 12.6. The molecule has 1 aliphatic heterocycles. The highest BCUT2D eigenvalue weighted by molar-refractivity contribution is 6.74. The molecule has 118 valence electrons. The van der Waals surface area contributed by atoms with Gasteiger partial charge >= 0.3 is 0 Å². The first-order valence-corrected chi connectivity index (χ1v) is 11.0.